The Morgan fingerprint density at radius 1 is 0.889 bits per heavy atom. The second-order valence-electron chi connectivity index (χ2n) is 8.92. The van der Waals surface area contributed by atoms with Crippen molar-refractivity contribution in [2.75, 3.05) is 45.0 Å². The highest BCUT2D eigenvalue weighted by atomic mass is 16.7. The molecule has 2 aliphatic rings. The summed E-state index contributed by atoms with van der Waals surface area (Å²) in [5.74, 6) is 3.23. The summed E-state index contributed by atoms with van der Waals surface area (Å²) in [5, 5.41) is 12.9. The minimum atomic E-state index is -0.0479. The van der Waals surface area contributed by atoms with E-state index in [0.717, 1.165) is 54.8 Å². The summed E-state index contributed by atoms with van der Waals surface area (Å²) in [6.07, 6.45) is 0. The zero-order chi connectivity index (χ0) is 24.3. The van der Waals surface area contributed by atoms with Gasteiger partial charge in [0.05, 0.1) is 19.7 Å². The highest BCUT2D eigenvalue weighted by Gasteiger charge is 2.31. The van der Waals surface area contributed by atoms with Crippen LogP contribution in [0, 0.1) is 0 Å². The van der Waals surface area contributed by atoms with Crippen LogP contribution in [0.1, 0.15) is 23.0 Å². The summed E-state index contributed by atoms with van der Waals surface area (Å²) >= 11 is 0. The van der Waals surface area contributed by atoms with Crippen molar-refractivity contribution in [3.8, 4) is 17.2 Å². The highest BCUT2D eigenvalue weighted by molar-refractivity contribution is 5.49. The molecule has 2 aliphatic heterocycles. The number of hydrogen-bond donors (Lipinski definition) is 0. The maximum Gasteiger partial charge on any atom is 0.231 e. The number of nitrogens with zero attached hydrogens (tertiary/aromatic N) is 6. The fourth-order valence-electron chi connectivity index (χ4n) is 4.92. The molecule has 0 amide bonds. The summed E-state index contributed by atoms with van der Waals surface area (Å²) in [4.78, 5) is 4.88. The van der Waals surface area contributed by atoms with E-state index in [1.807, 2.05) is 41.1 Å². The molecule has 3 aromatic carbocycles. The maximum absolute atomic E-state index is 5.56. The second kappa shape index (κ2) is 9.87. The highest BCUT2D eigenvalue weighted by Crippen LogP contribution is 2.34. The van der Waals surface area contributed by atoms with Gasteiger partial charge < -0.3 is 19.1 Å². The molecule has 1 saturated heterocycles. The largest absolute Gasteiger partial charge is 0.497 e. The molecule has 3 heterocycles. The van der Waals surface area contributed by atoms with Gasteiger partial charge in [-0.2, -0.15) is 0 Å². The van der Waals surface area contributed by atoms with Crippen LogP contribution >= 0.6 is 0 Å². The molecule has 9 nitrogen and oxygen atoms in total. The van der Waals surface area contributed by atoms with E-state index in [0.29, 0.717) is 6.54 Å². The first-order valence-electron chi connectivity index (χ1n) is 12.1. The number of anilines is 1. The van der Waals surface area contributed by atoms with E-state index in [9.17, 15) is 0 Å². The maximum atomic E-state index is 5.56. The zero-order valence-electron chi connectivity index (χ0n) is 20.2. The van der Waals surface area contributed by atoms with Crippen LogP contribution in [0.15, 0.2) is 72.8 Å². The number of rotatable bonds is 7. The molecule has 1 atom stereocenters. The van der Waals surface area contributed by atoms with Gasteiger partial charge in [0.15, 0.2) is 17.3 Å². The molecule has 1 fully saturated rings. The fourth-order valence-corrected chi connectivity index (χ4v) is 4.92. The monoisotopic (exact) mass is 484 g/mol. The zero-order valence-corrected chi connectivity index (χ0v) is 20.2. The van der Waals surface area contributed by atoms with Crippen LogP contribution < -0.4 is 19.1 Å². The number of piperazine rings is 1. The lowest BCUT2D eigenvalue weighted by Gasteiger charge is -2.40. The molecule has 0 bridgehead atoms. The van der Waals surface area contributed by atoms with E-state index in [1.54, 1.807) is 7.11 Å². The topological polar surface area (TPSA) is 77.8 Å². The first-order chi connectivity index (χ1) is 17.8. The molecule has 184 valence electrons. The minimum Gasteiger partial charge on any atom is -0.497 e. The van der Waals surface area contributed by atoms with Gasteiger partial charge in [0, 0.05) is 31.9 Å². The van der Waals surface area contributed by atoms with Crippen molar-refractivity contribution in [2.45, 2.75) is 12.6 Å². The van der Waals surface area contributed by atoms with Crippen molar-refractivity contribution in [3.63, 3.8) is 0 Å². The Bertz CT molecular complexity index is 1300. The fraction of sp³-hybridized carbons (Fsp3) is 0.296. The Kier molecular flexibility index (Phi) is 6.13. The van der Waals surface area contributed by atoms with Gasteiger partial charge in [-0.15, -0.1) is 5.10 Å². The molecule has 9 heteroatoms. The Labute approximate surface area is 209 Å². The molecular weight excluding hydrogens is 456 g/mol. The lowest BCUT2D eigenvalue weighted by Crippen LogP contribution is -2.48. The van der Waals surface area contributed by atoms with Gasteiger partial charge in [-0.25, -0.2) is 4.68 Å². The predicted octanol–water partition coefficient (Wildman–Crippen LogP) is 3.37. The second-order valence-corrected chi connectivity index (χ2v) is 8.92. The molecule has 0 aliphatic carbocycles. The van der Waals surface area contributed by atoms with Crippen molar-refractivity contribution in [1.29, 1.82) is 0 Å². The molecule has 0 spiro atoms. The summed E-state index contributed by atoms with van der Waals surface area (Å²) in [5.41, 5.74) is 3.44. The smallest absolute Gasteiger partial charge is 0.231 e. The van der Waals surface area contributed by atoms with Crippen LogP contribution in [0.4, 0.5) is 5.69 Å². The third-order valence-corrected chi connectivity index (χ3v) is 6.81. The van der Waals surface area contributed by atoms with E-state index in [4.69, 9.17) is 14.2 Å². The standard InChI is InChI=1S/C27H28N6O3/c1-34-23-10-8-22(9-11-23)31-13-15-32(16-14-31)26(21-5-3-2-4-6-21)27-28-29-30-33(27)18-20-7-12-24-25(17-20)36-19-35-24/h2-12,17,26H,13-16,18-19H2,1H3. The number of aromatic nitrogens is 4. The van der Waals surface area contributed by atoms with Crippen LogP contribution in [0.2, 0.25) is 0 Å². The Morgan fingerprint density at radius 3 is 2.44 bits per heavy atom. The number of hydrogen-bond acceptors (Lipinski definition) is 8. The number of methoxy groups -OCH3 is 1. The molecule has 4 aromatic rings. The van der Waals surface area contributed by atoms with Crippen LogP contribution in [-0.4, -0.2) is 65.2 Å². The van der Waals surface area contributed by atoms with Crippen molar-refractivity contribution in [1.82, 2.24) is 25.1 Å². The van der Waals surface area contributed by atoms with Gasteiger partial charge >= 0.3 is 0 Å². The minimum absolute atomic E-state index is 0.0479. The quantitative estimate of drug-likeness (QED) is 0.395. The van der Waals surface area contributed by atoms with Crippen molar-refractivity contribution in [3.05, 3.63) is 89.7 Å². The van der Waals surface area contributed by atoms with Crippen LogP contribution in [0.3, 0.4) is 0 Å². The van der Waals surface area contributed by atoms with Gasteiger partial charge in [-0.05, 0) is 58.0 Å². The summed E-state index contributed by atoms with van der Waals surface area (Å²) in [6, 6.07) is 24.7. The van der Waals surface area contributed by atoms with Crippen molar-refractivity contribution in [2.24, 2.45) is 0 Å². The van der Waals surface area contributed by atoms with E-state index in [-0.39, 0.29) is 12.8 Å². The Morgan fingerprint density at radius 2 is 1.67 bits per heavy atom. The summed E-state index contributed by atoms with van der Waals surface area (Å²) in [6.45, 7) is 4.42. The number of benzene rings is 3. The third-order valence-electron chi connectivity index (χ3n) is 6.81. The van der Waals surface area contributed by atoms with E-state index >= 15 is 0 Å². The number of fused-ring (bicyclic) bond motifs is 1. The number of tetrazole rings is 1. The SMILES string of the molecule is COc1ccc(N2CCN(C(c3ccccc3)c3nnnn3Cc3ccc4c(c3)OCO4)CC2)cc1. The number of ether oxygens (including phenoxy) is 3. The van der Waals surface area contributed by atoms with Gasteiger partial charge in [-0.1, -0.05) is 36.4 Å². The Hall–Kier alpha value is -4.11. The van der Waals surface area contributed by atoms with Gasteiger partial charge in [0.2, 0.25) is 6.79 Å². The lowest BCUT2D eigenvalue weighted by molar-refractivity contribution is 0.174. The Balaban J connectivity index is 1.24. The molecule has 0 N–H and O–H groups in total. The molecule has 0 saturated carbocycles. The van der Waals surface area contributed by atoms with Crippen molar-refractivity contribution >= 4 is 5.69 Å². The summed E-state index contributed by atoms with van der Waals surface area (Å²) < 4.78 is 18.2. The van der Waals surface area contributed by atoms with Gasteiger partial charge in [0.25, 0.3) is 0 Å². The van der Waals surface area contributed by atoms with Crippen LogP contribution in [0.25, 0.3) is 0 Å². The van der Waals surface area contributed by atoms with Gasteiger partial charge in [0.1, 0.15) is 5.75 Å². The molecule has 6 rings (SSSR count). The normalized spacial score (nSPS) is 16.2. The van der Waals surface area contributed by atoms with E-state index in [1.165, 1.54) is 11.3 Å². The lowest BCUT2D eigenvalue weighted by atomic mass is 10.0. The molecule has 0 radical (unpaired) electrons. The van der Waals surface area contributed by atoms with E-state index < -0.39 is 0 Å². The van der Waals surface area contributed by atoms with Gasteiger partial charge in [-0.3, -0.25) is 4.90 Å². The molecular formula is C27H28N6O3. The first kappa shape index (κ1) is 22.4. The predicted molar refractivity (Wildman–Crippen MR) is 135 cm³/mol. The molecule has 1 aromatic heterocycles. The molecule has 1 unspecified atom stereocenters. The van der Waals surface area contributed by atoms with E-state index in [2.05, 4.69) is 61.7 Å². The molecule has 36 heavy (non-hydrogen) atoms. The first-order valence-corrected chi connectivity index (χ1v) is 12.1. The summed E-state index contributed by atoms with van der Waals surface area (Å²) in [7, 11) is 1.69. The van der Waals surface area contributed by atoms with Crippen LogP contribution in [0.5, 0.6) is 17.2 Å². The van der Waals surface area contributed by atoms with Crippen molar-refractivity contribution < 1.29 is 14.2 Å². The van der Waals surface area contributed by atoms with Crippen LogP contribution in [-0.2, 0) is 6.54 Å². The average Bonchev–Trinajstić information content (AvgIpc) is 3.59. The third kappa shape index (κ3) is 4.45. The average molecular weight is 485 g/mol.